The van der Waals surface area contributed by atoms with Crippen molar-refractivity contribution in [3.05, 3.63) is 28.1 Å². The van der Waals surface area contributed by atoms with E-state index in [1.165, 1.54) is 6.33 Å². The van der Waals surface area contributed by atoms with Crippen molar-refractivity contribution in [1.29, 1.82) is 0 Å². The Kier molecular flexibility index (Phi) is 3.75. The van der Waals surface area contributed by atoms with Crippen LogP contribution in [0.25, 0.3) is 0 Å². The van der Waals surface area contributed by atoms with E-state index in [9.17, 15) is 0 Å². The Bertz CT molecular complexity index is 487. The first kappa shape index (κ1) is 12.1. The predicted molar refractivity (Wildman–Crippen MR) is 70.5 cm³/mol. The van der Waals surface area contributed by atoms with Gasteiger partial charge >= 0.3 is 0 Å². The zero-order chi connectivity index (χ0) is 12.3. The second-order valence-corrected chi connectivity index (χ2v) is 4.86. The Labute approximate surface area is 108 Å². The van der Waals surface area contributed by atoms with Crippen LogP contribution in [0.2, 0.25) is 5.15 Å². The molecule has 0 fully saturated rings. The molecule has 90 valence electrons. The van der Waals surface area contributed by atoms with Gasteiger partial charge in [-0.05, 0) is 0 Å². The quantitative estimate of drug-likeness (QED) is 0.834. The summed E-state index contributed by atoms with van der Waals surface area (Å²) in [6, 6.07) is 0. The molecule has 2 rings (SSSR count). The summed E-state index contributed by atoms with van der Waals surface area (Å²) in [7, 11) is 0. The lowest BCUT2D eigenvalue weighted by Gasteiger charge is -2.12. The van der Waals surface area contributed by atoms with E-state index in [1.54, 1.807) is 17.5 Å². The average Bonchev–Trinajstić information content (AvgIpc) is 2.84. The van der Waals surface area contributed by atoms with Crippen molar-refractivity contribution in [3.8, 4) is 0 Å². The number of rotatable bonds is 4. The van der Waals surface area contributed by atoms with E-state index < -0.39 is 0 Å². The van der Waals surface area contributed by atoms with E-state index in [2.05, 4.69) is 27.2 Å². The number of halogens is 1. The highest BCUT2D eigenvalue weighted by Crippen LogP contribution is 2.23. The maximum atomic E-state index is 5.80. The van der Waals surface area contributed by atoms with Gasteiger partial charge in [-0.15, -0.1) is 11.3 Å². The molecule has 1 atom stereocenters. The van der Waals surface area contributed by atoms with Crippen molar-refractivity contribution in [2.75, 3.05) is 17.6 Å². The Morgan fingerprint density at radius 2 is 2.29 bits per heavy atom. The van der Waals surface area contributed by atoms with E-state index in [0.717, 1.165) is 5.01 Å². The third-order valence-corrected chi connectivity index (χ3v) is 3.59. The van der Waals surface area contributed by atoms with Crippen molar-refractivity contribution in [1.82, 2.24) is 15.0 Å². The number of nitrogens with one attached hydrogen (secondary N) is 1. The van der Waals surface area contributed by atoms with Gasteiger partial charge in [0.25, 0.3) is 0 Å². The molecule has 7 heteroatoms. The van der Waals surface area contributed by atoms with Crippen molar-refractivity contribution >= 4 is 34.4 Å². The van der Waals surface area contributed by atoms with Crippen LogP contribution in [0, 0.1) is 0 Å². The number of nitrogen functional groups attached to an aromatic ring is 1. The Morgan fingerprint density at radius 1 is 1.47 bits per heavy atom. The van der Waals surface area contributed by atoms with Crippen molar-refractivity contribution in [2.24, 2.45) is 0 Å². The standard InChI is InChI=1S/C10H12ClN5S/c1-6(10-13-2-3-17-10)4-14-9-7(12)8(11)15-5-16-9/h2-3,5-6H,4,12H2,1H3,(H,14,15,16). The van der Waals surface area contributed by atoms with Gasteiger partial charge in [0, 0.05) is 24.0 Å². The van der Waals surface area contributed by atoms with Crippen molar-refractivity contribution in [3.63, 3.8) is 0 Å². The smallest absolute Gasteiger partial charge is 0.157 e. The van der Waals surface area contributed by atoms with Crippen LogP contribution in [0.4, 0.5) is 11.5 Å². The van der Waals surface area contributed by atoms with Gasteiger partial charge in [-0.1, -0.05) is 18.5 Å². The predicted octanol–water partition coefficient (Wildman–Crippen LogP) is 2.38. The lowest BCUT2D eigenvalue weighted by Crippen LogP contribution is -2.12. The molecular formula is C10H12ClN5S. The van der Waals surface area contributed by atoms with E-state index in [0.29, 0.717) is 24.0 Å². The lowest BCUT2D eigenvalue weighted by atomic mass is 10.2. The number of anilines is 2. The van der Waals surface area contributed by atoms with Crippen LogP contribution in [0.3, 0.4) is 0 Å². The molecule has 5 nitrogen and oxygen atoms in total. The van der Waals surface area contributed by atoms with Gasteiger partial charge in [0.15, 0.2) is 11.0 Å². The zero-order valence-corrected chi connectivity index (χ0v) is 10.8. The zero-order valence-electron chi connectivity index (χ0n) is 9.22. The third kappa shape index (κ3) is 2.83. The van der Waals surface area contributed by atoms with E-state index in [-0.39, 0.29) is 5.15 Å². The second-order valence-electron chi connectivity index (χ2n) is 3.58. The molecule has 2 aromatic heterocycles. The van der Waals surface area contributed by atoms with Gasteiger partial charge in [-0.3, -0.25) is 0 Å². The SMILES string of the molecule is CC(CNc1ncnc(Cl)c1N)c1nccs1. The van der Waals surface area contributed by atoms with Crippen LogP contribution >= 0.6 is 22.9 Å². The molecule has 0 saturated carbocycles. The van der Waals surface area contributed by atoms with Gasteiger partial charge in [-0.2, -0.15) is 0 Å². The maximum absolute atomic E-state index is 5.80. The normalized spacial score (nSPS) is 12.4. The number of hydrogen-bond acceptors (Lipinski definition) is 6. The van der Waals surface area contributed by atoms with E-state index >= 15 is 0 Å². The van der Waals surface area contributed by atoms with Gasteiger partial charge in [-0.25, -0.2) is 15.0 Å². The first-order valence-corrected chi connectivity index (χ1v) is 6.33. The van der Waals surface area contributed by atoms with Gasteiger partial charge in [0.2, 0.25) is 0 Å². The number of nitrogens with zero attached hydrogens (tertiary/aromatic N) is 3. The molecule has 0 aliphatic heterocycles. The Hall–Kier alpha value is -1.40. The number of aromatic nitrogens is 3. The van der Waals surface area contributed by atoms with Crippen LogP contribution in [0.1, 0.15) is 17.8 Å². The summed E-state index contributed by atoms with van der Waals surface area (Å²) in [6.45, 7) is 2.79. The molecule has 1 unspecified atom stereocenters. The number of hydrogen-bond donors (Lipinski definition) is 2. The molecule has 3 N–H and O–H groups in total. The van der Waals surface area contributed by atoms with Crippen molar-refractivity contribution in [2.45, 2.75) is 12.8 Å². The minimum absolute atomic E-state index is 0.268. The molecule has 0 radical (unpaired) electrons. The van der Waals surface area contributed by atoms with Crippen LogP contribution in [0.15, 0.2) is 17.9 Å². The van der Waals surface area contributed by atoms with Gasteiger partial charge in [0.1, 0.15) is 12.0 Å². The summed E-state index contributed by atoms with van der Waals surface area (Å²) in [5, 5.41) is 6.46. The Balaban J connectivity index is 2.00. The van der Waals surface area contributed by atoms with Gasteiger partial charge in [0.05, 0.1) is 5.01 Å². The molecule has 0 saturated heterocycles. The minimum Gasteiger partial charge on any atom is -0.393 e. The minimum atomic E-state index is 0.268. The largest absolute Gasteiger partial charge is 0.393 e. The summed E-state index contributed by atoms with van der Waals surface area (Å²) in [4.78, 5) is 12.1. The highest BCUT2D eigenvalue weighted by atomic mass is 35.5. The molecule has 0 aliphatic rings. The molecule has 0 aliphatic carbocycles. The second kappa shape index (κ2) is 5.29. The van der Waals surface area contributed by atoms with E-state index in [4.69, 9.17) is 17.3 Å². The molecule has 0 bridgehead atoms. The van der Waals surface area contributed by atoms with E-state index in [1.807, 2.05) is 5.38 Å². The summed E-state index contributed by atoms with van der Waals surface area (Å²) in [6.07, 6.45) is 3.18. The molecule has 17 heavy (non-hydrogen) atoms. The molecule has 2 heterocycles. The summed E-state index contributed by atoms with van der Waals surface area (Å²) in [5.74, 6) is 0.858. The fourth-order valence-electron chi connectivity index (χ4n) is 1.33. The maximum Gasteiger partial charge on any atom is 0.157 e. The van der Waals surface area contributed by atoms with Crippen LogP contribution in [-0.4, -0.2) is 21.5 Å². The monoisotopic (exact) mass is 269 g/mol. The summed E-state index contributed by atoms with van der Waals surface area (Å²) < 4.78 is 0. The molecule has 0 aromatic carbocycles. The van der Waals surface area contributed by atoms with Crippen LogP contribution < -0.4 is 11.1 Å². The third-order valence-electron chi connectivity index (χ3n) is 2.28. The number of nitrogens with two attached hydrogens (primary N) is 1. The molecule has 2 aromatic rings. The van der Waals surface area contributed by atoms with Gasteiger partial charge < -0.3 is 11.1 Å². The van der Waals surface area contributed by atoms with Crippen molar-refractivity contribution < 1.29 is 0 Å². The fraction of sp³-hybridized carbons (Fsp3) is 0.300. The first-order valence-electron chi connectivity index (χ1n) is 5.07. The molecule has 0 spiro atoms. The Morgan fingerprint density at radius 3 is 3.00 bits per heavy atom. The molecular weight excluding hydrogens is 258 g/mol. The highest BCUT2D eigenvalue weighted by Gasteiger charge is 2.10. The first-order chi connectivity index (χ1) is 8.18. The highest BCUT2D eigenvalue weighted by molar-refractivity contribution is 7.09. The molecule has 0 amide bonds. The topological polar surface area (TPSA) is 76.7 Å². The fourth-order valence-corrected chi connectivity index (χ4v) is 2.16. The van der Waals surface area contributed by atoms with Crippen LogP contribution in [0.5, 0.6) is 0 Å². The lowest BCUT2D eigenvalue weighted by molar-refractivity contribution is 0.791. The summed E-state index contributed by atoms with van der Waals surface area (Å²) >= 11 is 7.43. The van der Waals surface area contributed by atoms with Crippen LogP contribution in [-0.2, 0) is 0 Å². The number of thiazole rings is 1. The average molecular weight is 270 g/mol. The summed E-state index contributed by atoms with van der Waals surface area (Å²) in [5.41, 5.74) is 6.13.